The quantitative estimate of drug-likeness (QED) is 0.760. The van der Waals surface area contributed by atoms with Crippen LogP contribution in [0.15, 0.2) is 6.07 Å². The van der Waals surface area contributed by atoms with Crippen molar-refractivity contribution in [3.05, 3.63) is 19.4 Å². The first-order valence-electron chi connectivity index (χ1n) is 6.98. The van der Waals surface area contributed by atoms with Crippen LogP contribution in [0.1, 0.15) is 43.2 Å². The van der Waals surface area contributed by atoms with Crippen molar-refractivity contribution < 1.29 is 0 Å². The summed E-state index contributed by atoms with van der Waals surface area (Å²) in [7, 11) is 0. The van der Waals surface area contributed by atoms with Crippen molar-refractivity contribution in [1.29, 1.82) is 0 Å². The number of fused-ring (bicyclic) bond motifs is 1. The predicted molar refractivity (Wildman–Crippen MR) is 88.5 cm³/mol. The van der Waals surface area contributed by atoms with Gasteiger partial charge in [0.25, 0.3) is 0 Å². The molecule has 1 aromatic rings. The lowest BCUT2D eigenvalue weighted by Gasteiger charge is -2.25. The van der Waals surface area contributed by atoms with Crippen LogP contribution in [0.3, 0.4) is 0 Å². The molecular weight excluding hydrogens is 355 g/mol. The van der Waals surface area contributed by atoms with Crippen molar-refractivity contribution in [2.24, 2.45) is 0 Å². The molecule has 0 fully saturated rings. The third-order valence-corrected chi connectivity index (χ3v) is 5.77. The second-order valence-corrected chi connectivity index (χ2v) is 7.89. The molecule has 0 bridgehead atoms. The molecule has 2 nitrogen and oxygen atoms in total. The van der Waals surface area contributed by atoms with Crippen LogP contribution in [-0.2, 0) is 6.42 Å². The van der Waals surface area contributed by atoms with Gasteiger partial charge in [-0.2, -0.15) is 0 Å². The molecule has 1 aliphatic carbocycles. The standard InChI is InChI=1S/C14H23IN2S/c1-3-17(4-2)9-8-16-12-6-5-7-13-11(12)10-14(15)18-13/h10,12,16H,3-9H2,1-2H3. The van der Waals surface area contributed by atoms with E-state index in [1.54, 1.807) is 10.4 Å². The molecule has 1 heterocycles. The Balaban J connectivity index is 1.87. The average Bonchev–Trinajstić information content (AvgIpc) is 2.75. The zero-order valence-corrected chi connectivity index (χ0v) is 14.3. The number of aryl methyl sites for hydroxylation is 1. The molecule has 18 heavy (non-hydrogen) atoms. The minimum atomic E-state index is 0.601. The van der Waals surface area contributed by atoms with Crippen LogP contribution in [0.4, 0.5) is 0 Å². The maximum absolute atomic E-state index is 3.75. The van der Waals surface area contributed by atoms with Crippen LogP contribution in [0.25, 0.3) is 0 Å². The minimum Gasteiger partial charge on any atom is -0.309 e. The highest BCUT2D eigenvalue weighted by molar-refractivity contribution is 14.1. The second-order valence-electron chi connectivity index (χ2n) is 4.85. The fourth-order valence-corrected chi connectivity index (χ4v) is 4.79. The number of thiophene rings is 1. The van der Waals surface area contributed by atoms with Crippen LogP contribution in [-0.4, -0.2) is 31.1 Å². The van der Waals surface area contributed by atoms with Gasteiger partial charge in [-0.15, -0.1) is 11.3 Å². The van der Waals surface area contributed by atoms with Gasteiger partial charge in [0.05, 0.1) is 2.88 Å². The first-order chi connectivity index (χ1) is 8.74. The molecule has 0 radical (unpaired) electrons. The molecule has 0 amide bonds. The Morgan fingerprint density at radius 3 is 2.94 bits per heavy atom. The molecule has 102 valence electrons. The topological polar surface area (TPSA) is 15.3 Å². The Kier molecular flexibility index (Phi) is 5.92. The molecule has 1 aliphatic rings. The first kappa shape index (κ1) is 14.8. The van der Waals surface area contributed by atoms with Gasteiger partial charge in [0.1, 0.15) is 0 Å². The first-order valence-corrected chi connectivity index (χ1v) is 8.88. The number of rotatable bonds is 6. The lowest BCUT2D eigenvalue weighted by molar-refractivity contribution is 0.293. The molecule has 1 aromatic heterocycles. The van der Waals surface area contributed by atoms with Crippen molar-refractivity contribution in [3.8, 4) is 0 Å². The van der Waals surface area contributed by atoms with Crippen molar-refractivity contribution >= 4 is 33.9 Å². The molecular formula is C14H23IN2S. The summed E-state index contributed by atoms with van der Waals surface area (Å²) in [5.41, 5.74) is 1.58. The zero-order valence-electron chi connectivity index (χ0n) is 11.3. The van der Waals surface area contributed by atoms with E-state index in [-0.39, 0.29) is 0 Å². The van der Waals surface area contributed by atoms with Crippen LogP contribution in [0.5, 0.6) is 0 Å². The van der Waals surface area contributed by atoms with Gasteiger partial charge in [-0.3, -0.25) is 0 Å². The number of likely N-dealkylation sites (N-methyl/N-ethyl adjacent to an activating group) is 1. The molecule has 1 unspecified atom stereocenters. The van der Waals surface area contributed by atoms with E-state index in [0.717, 1.165) is 19.6 Å². The van der Waals surface area contributed by atoms with Gasteiger partial charge in [-0.25, -0.2) is 0 Å². The van der Waals surface area contributed by atoms with Crippen LogP contribution in [0, 0.1) is 2.88 Å². The number of halogens is 1. The van der Waals surface area contributed by atoms with Gasteiger partial charge >= 0.3 is 0 Å². The third kappa shape index (κ3) is 3.68. The van der Waals surface area contributed by atoms with Crippen LogP contribution in [0.2, 0.25) is 0 Å². The van der Waals surface area contributed by atoms with Crippen LogP contribution >= 0.6 is 33.9 Å². The molecule has 0 aromatic carbocycles. The predicted octanol–water partition coefficient (Wildman–Crippen LogP) is 3.66. The van der Waals surface area contributed by atoms with E-state index in [1.807, 2.05) is 11.3 Å². The zero-order chi connectivity index (χ0) is 13.0. The Hall–Kier alpha value is 0.350. The maximum atomic E-state index is 3.75. The van der Waals surface area contributed by atoms with Gasteiger partial charge in [0.2, 0.25) is 0 Å². The highest BCUT2D eigenvalue weighted by atomic mass is 127. The van der Waals surface area contributed by atoms with Crippen molar-refractivity contribution in [2.75, 3.05) is 26.2 Å². The lowest BCUT2D eigenvalue weighted by atomic mass is 9.94. The summed E-state index contributed by atoms with van der Waals surface area (Å²) in [6, 6.07) is 2.98. The minimum absolute atomic E-state index is 0.601. The number of hydrogen-bond donors (Lipinski definition) is 1. The Morgan fingerprint density at radius 1 is 1.44 bits per heavy atom. The Bertz CT molecular complexity index is 374. The summed E-state index contributed by atoms with van der Waals surface area (Å²) in [6.07, 6.45) is 3.93. The van der Waals surface area contributed by atoms with Crippen molar-refractivity contribution in [1.82, 2.24) is 10.2 Å². The van der Waals surface area contributed by atoms with E-state index < -0.39 is 0 Å². The van der Waals surface area contributed by atoms with Gasteiger partial charge < -0.3 is 10.2 Å². The number of nitrogens with zero attached hydrogens (tertiary/aromatic N) is 1. The maximum Gasteiger partial charge on any atom is 0.0659 e. The summed E-state index contributed by atoms with van der Waals surface area (Å²) in [6.45, 7) is 9.07. The molecule has 0 saturated heterocycles. The Labute approximate surface area is 128 Å². The van der Waals surface area contributed by atoms with Gasteiger partial charge in [-0.1, -0.05) is 13.8 Å². The van der Waals surface area contributed by atoms with E-state index in [2.05, 4.69) is 52.7 Å². The highest BCUT2D eigenvalue weighted by Crippen LogP contribution is 2.36. The SMILES string of the molecule is CCN(CC)CCNC1CCCc2sc(I)cc21. The molecule has 0 saturated carbocycles. The van der Waals surface area contributed by atoms with E-state index in [0.29, 0.717) is 6.04 Å². The largest absolute Gasteiger partial charge is 0.309 e. The van der Waals surface area contributed by atoms with E-state index in [1.165, 1.54) is 28.7 Å². The molecule has 2 rings (SSSR count). The van der Waals surface area contributed by atoms with Crippen molar-refractivity contribution in [3.63, 3.8) is 0 Å². The normalized spacial score (nSPS) is 19.2. The molecule has 1 atom stereocenters. The molecule has 0 spiro atoms. The number of nitrogens with one attached hydrogen (secondary N) is 1. The second kappa shape index (κ2) is 7.22. The summed E-state index contributed by atoms with van der Waals surface area (Å²) in [4.78, 5) is 4.10. The van der Waals surface area contributed by atoms with Gasteiger partial charge in [-0.05, 0) is 66.6 Å². The Morgan fingerprint density at radius 2 is 2.22 bits per heavy atom. The fraction of sp³-hybridized carbons (Fsp3) is 0.714. The smallest absolute Gasteiger partial charge is 0.0659 e. The fourth-order valence-electron chi connectivity index (χ4n) is 2.67. The monoisotopic (exact) mass is 378 g/mol. The van der Waals surface area contributed by atoms with E-state index in [4.69, 9.17) is 0 Å². The van der Waals surface area contributed by atoms with Gasteiger partial charge in [0, 0.05) is 24.0 Å². The molecule has 0 aliphatic heterocycles. The summed E-state index contributed by atoms with van der Waals surface area (Å²) >= 11 is 4.43. The summed E-state index contributed by atoms with van der Waals surface area (Å²) in [5.74, 6) is 0. The highest BCUT2D eigenvalue weighted by Gasteiger charge is 2.21. The van der Waals surface area contributed by atoms with Gasteiger partial charge in [0.15, 0.2) is 0 Å². The molecule has 4 heteroatoms. The third-order valence-electron chi connectivity index (χ3n) is 3.80. The summed E-state index contributed by atoms with van der Waals surface area (Å²) < 4.78 is 1.44. The van der Waals surface area contributed by atoms with Crippen molar-refractivity contribution in [2.45, 2.75) is 39.2 Å². The number of hydrogen-bond acceptors (Lipinski definition) is 3. The lowest BCUT2D eigenvalue weighted by Crippen LogP contribution is -2.34. The molecule has 1 N–H and O–H groups in total. The van der Waals surface area contributed by atoms with E-state index >= 15 is 0 Å². The van der Waals surface area contributed by atoms with E-state index in [9.17, 15) is 0 Å². The summed E-state index contributed by atoms with van der Waals surface area (Å²) in [5, 5.41) is 3.75. The van der Waals surface area contributed by atoms with Crippen LogP contribution < -0.4 is 5.32 Å². The average molecular weight is 378 g/mol.